The highest BCUT2D eigenvalue weighted by Crippen LogP contribution is 2.38. The summed E-state index contributed by atoms with van der Waals surface area (Å²) >= 11 is 0. The molecule has 1 saturated carbocycles. The molecular formula is C19H32O2. The smallest absolute Gasteiger partial charge is 0.154 e. The van der Waals surface area contributed by atoms with E-state index in [-0.39, 0.29) is 0 Å². The molecule has 0 radical (unpaired) electrons. The van der Waals surface area contributed by atoms with Crippen LogP contribution in [0.25, 0.3) is 0 Å². The van der Waals surface area contributed by atoms with E-state index in [1.165, 1.54) is 64.2 Å². The van der Waals surface area contributed by atoms with Crippen molar-refractivity contribution in [2.45, 2.75) is 76.9 Å². The van der Waals surface area contributed by atoms with Gasteiger partial charge in [0.05, 0.1) is 0 Å². The van der Waals surface area contributed by atoms with Crippen LogP contribution in [0.4, 0.5) is 0 Å². The topological polar surface area (TPSA) is 29.5 Å². The lowest BCUT2D eigenvalue weighted by Crippen LogP contribution is -2.18. The maximum absolute atomic E-state index is 9.66. The Kier molecular flexibility index (Phi) is 7.52. The molecule has 0 saturated heterocycles. The van der Waals surface area contributed by atoms with E-state index in [9.17, 15) is 5.11 Å². The maximum Gasteiger partial charge on any atom is 0.154 e. The largest absolute Gasteiger partial charge is 0.368 e. The molecule has 1 N–H and O–H groups in total. The molecule has 0 aromatic carbocycles. The molecule has 0 spiro atoms. The Morgan fingerprint density at radius 1 is 1.19 bits per heavy atom. The van der Waals surface area contributed by atoms with Crippen LogP contribution in [0.5, 0.6) is 0 Å². The Bertz CT molecular complexity index is 345. The summed E-state index contributed by atoms with van der Waals surface area (Å²) in [5.74, 6) is 1.51. The zero-order chi connectivity index (χ0) is 14.9. The third kappa shape index (κ3) is 5.96. The highest BCUT2D eigenvalue weighted by molar-refractivity contribution is 5.21. The monoisotopic (exact) mass is 292 g/mol. The minimum atomic E-state index is -0.555. The molecule has 0 amide bonds. The Morgan fingerprint density at radius 2 is 2.05 bits per heavy atom. The Morgan fingerprint density at radius 3 is 2.81 bits per heavy atom. The molecule has 0 aromatic heterocycles. The molecule has 2 aliphatic rings. The maximum atomic E-state index is 9.66. The SMILES string of the molecule is COC(O)C[C@H]1CCCC1CCCCCC1=CCCC=C1. The van der Waals surface area contributed by atoms with Crippen molar-refractivity contribution in [1.29, 1.82) is 0 Å². The second kappa shape index (κ2) is 9.42. The van der Waals surface area contributed by atoms with Gasteiger partial charge in [-0.05, 0) is 43.9 Å². The van der Waals surface area contributed by atoms with Gasteiger partial charge in [0.1, 0.15) is 0 Å². The van der Waals surface area contributed by atoms with E-state index < -0.39 is 6.29 Å². The third-order valence-corrected chi connectivity index (χ3v) is 5.21. The first-order valence-corrected chi connectivity index (χ1v) is 8.86. The molecule has 0 bridgehead atoms. The van der Waals surface area contributed by atoms with Gasteiger partial charge in [0, 0.05) is 13.5 Å². The van der Waals surface area contributed by atoms with Crippen molar-refractivity contribution < 1.29 is 9.84 Å². The molecular weight excluding hydrogens is 260 g/mol. The van der Waals surface area contributed by atoms with Crippen LogP contribution in [0.3, 0.4) is 0 Å². The van der Waals surface area contributed by atoms with Crippen LogP contribution in [0, 0.1) is 11.8 Å². The molecule has 2 unspecified atom stereocenters. The number of aliphatic hydroxyl groups excluding tert-OH is 1. The Labute approximate surface area is 130 Å². The summed E-state index contributed by atoms with van der Waals surface area (Å²) in [6, 6.07) is 0. The van der Waals surface area contributed by atoms with Gasteiger partial charge in [-0.25, -0.2) is 0 Å². The van der Waals surface area contributed by atoms with E-state index in [2.05, 4.69) is 18.2 Å². The van der Waals surface area contributed by atoms with Crippen LogP contribution in [0.15, 0.2) is 23.8 Å². The fourth-order valence-corrected chi connectivity index (χ4v) is 3.92. The molecule has 1 fully saturated rings. The quantitative estimate of drug-likeness (QED) is 0.479. The molecule has 0 aliphatic heterocycles. The van der Waals surface area contributed by atoms with Gasteiger partial charge in [-0.2, -0.15) is 0 Å². The van der Waals surface area contributed by atoms with Gasteiger partial charge >= 0.3 is 0 Å². The summed E-state index contributed by atoms with van der Waals surface area (Å²) in [6.07, 6.45) is 20.3. The fraction of sp³-hybridized carbons (Fsp3) is 0.789. The van der Waals surface area contributed by atoms with Crippen molar-refractivity contribution >= 4 is 0 Å². The van der Waals surface area contributed by atoms with Crippen molar-refractivity contribution in [3.8, 4) is 0 Å². The first kappa shape index (κ1) is 16.8. The Hall–Kier alpha value is -0.600. The van der Waals surface area contributed by atoms with Crippen LogP contribution in [0.1, 0.15) is 70.6 Å². The van der Waals surface area contributed by atoms with Crippen LogP contribution in [-0.4, -0.2) is 18.5 Å². The molecule has 0 heterocycles. The first-order valence-electron chi connectivity index (χ1n) is 8.86. The highest BCUT2D eigenvalue weighted by Gasteiger charge is 2.28. The van der Waals surface area contributed by atoms with Crippen molar-refractivity contribution in [2.75, 3.05) is 7.11 Å². The molecule has 2 aliphatic carbocycles. The van der Waals surface area contributed by atoms with E-state index >= 15 is 0 Å². The predicted molar refractivity (Wildman–Crippen MR) is 88.0 cm³/mol. The summed E-state index contributed by atoms with van der Waals surface area (Å²) < 4.78 is 5.01. The summed E-state index contributed by atoms with van der Waals surface area (Å²) in [4.78, 5) is 0. The zero-order valence-corrected chi connectivity index (χ0v) is 13.6. The lowest BCUT2D eigenvalue weighted by molar-refractivity contribution is -0.0900. The number of hydrogen-bond donors (Lipinski definition) is 1. The average Bonchev–Trinajstić information content (AvgIpc) is 2.95. The fourth-order valence-electron chi connectivity index (χ4n) is 3.92. The van der Waals surface area contributed by atoms with Gasteiger partial charge in [0.15, 0.2) is 6.29 Å². The number of unbranched alkanes of at least 4 members (excludes halogenated alkanes) is 2. The number of hydrogen-bond acceptors (Lipinski definition) is 2. The van der Waals surface area contributed by atoms with E-state index in [4.69, 9.17) is 4.74 Å². The van der Waals surface area contributed by atoms with Crippen molar-refractivity contribution in [1.82, 2.24) is 0 Å². The number of aliphatic hydroxyl groups is 1. The van der Waals surface area contributed by atoms with Crippen molar-refractivity contribution in [3.63, 3.8) is 0 Å². The second-order valence-electron chi connectivity index (χ2n) is 6.74. The van der Waals surface area contributed by atoms with E-state index in [1.807, 2.05) is 0 Å². The summed E-state index contributed by atoms with van der Waals surface area (Å²) in [5, 5.41) is 9.66. The van der Waals surface area contributed by atoms with Gasteiger partial charge in [0.25, 0.3) is 0 Å². The molecule has 0 aromatic rings. The predicted octanol–water partition coefficient (Wildman–Crippen LogP) is 4.98. The van der Waals surface area contributed by atoms with Gasteiger partial charge in [-0.1, -0.05) is 55.9 Å². The van der Waals surface area contributed by atoms with Crippen LogP contribution in [-0.2, 0) is 4.74 Å². The van der Waals surface area contributed by atoms with Gasteiger partial charge in [-0.15, -0.1) is 0 Å². The zero-order valence-electron chi connectivity index (χ0n) is 13.6. The summed E-state index contributed by atoms with van der Waals surface area (Å²) in [5.41, 5.74) is 1.54. The number of methoxy groups -OCH3 is 1. The lowest BCUT2D eigenvalue weighted by Gasteiger charge is -2.21. The minimum Gasteiger partial charge on any atom is -0.368 e. The normalized spacial score (nSPS) is 26.9. The van der Waals surface area contributed by atoms with E-state index in [0.29, 0.717) is 5.92 Å². The Balaban J connectivity index is 1.57. The number of rotatable bonds is 9. The first-order chi connectivity index (χ1) is 10.3. The molecule has 2 nitrogen and oxygen atoms in total. The number of ether oxygens (including phenoxy) is 1. The minimum absolute atomic E-state index is 0.555. The van der Waals surface area contributed by atoms with E-state index in [0.717, 1.165) is 12.3 Å². The van der Waals surface area contributed by atoms with Gasteiger partial charge in [0.2, 0.25) is 0 Å². The average molecular weight is 292 g/mol. The number of allylic oxidation sites excluding steroid dienone is 4. The third-order valence-electron chi connectivity index (χ3n) is 5.21. The van der Waals surface area contributed by atoms with Crippen LogP contribution >= 0.6 is 0 Å². The second-order valence-corrected chi connectivity index (χ2v) is 6.74. The molecule has 3 atom stereocenters. The van der Waals surface area contributed by atoms with Crippen molar-refractivity contribution in [2.24, 2.45) is 11.8 Å². The van der Waals surface area contributed by atoms with Gasteiger partial charge < -0.3 is 9.84 Å². The molecule has 2 heteroatoms. The lowest BCUT2D eigenvalue weighted by atomic mass is 9.88. The van der Waals surface area contributed by atoms with Crippen LogP contribution in [0.2, 0.25) is 0 Å². The van der Waals surface area contributed by atoms with Crippen molar-refractivity contribution in [3.05, 3.63) is 23.8 Å². The standard InChI is InChI=1S/C19H32O2/c1-21-19(20)15-18-14-8-13-17(18)12-7-3-6-11-16-9-4-2-5-10-16/h4,9-10,17-20H,2-3,5-8,11-15H2,1H3/t17?,18-,19?/m1/s1. The summed E-state index contributed by atoms with van der Waals surface area (Å²) in [7, 11) is 1.60. The van der Waals surface area contributed by atoms with Crippen LogP contribution < -0.4 is 0 Å². The van der Waals surface area contributed by atoms with Gasteiger partial charge in [-0.3, -0.25) is 0 Å². The molecule has 21 heavy (non-hydrogen) atoms. The molecule has 2 rings (SSSR count). The molecule has 120 valence electrons. The van der Waals surface area contributed by atoms with E-state index in [1.54, 1.807) is 12.7 Å². The summed E-state index contributed by atoms with van der Waals surface area (Å²) in [6.45, 7) is 0. The highest BCUT2D eigenvalue weighted by atomic mass is 16.6.